The van der Waals surface area contributed by atoms with Gasteiger partial charge in [0.15, 0.2) is 0 Å². The molecule has 2 N–H and O–H groups in total. The van der Waals surface area contributed by atoms with E-state index in [1.165, 1.54) is 11.3 Å². The summed E-state index contributed by atoms with van der Waals surface area (Å²) in [6.45, 7) is 8.92. The molecule has 0 amide bonds. The van der Waals surface area contributed by atoms with Crippen LogP contribution in [-0.4, -0.2) is 29.6 Å². The van der Waals surface area contributed by atoms with Gasteiger partial charge in [-0.25, -0.2) is 0 Å². The summed E-state index contributed by atoms with van der Waals surface area (Å²) >= 11 is 8.28. The fraction of sp³-hybridized carbons (Fsp3) is 0.625. The third-order valence-corrected chi connectivity index (χ3v) is 5.28. The van der Waals surface area contributed by atoms with Crippen molar-refractivity contribution in [2.45, 2.75) is 50.2 Å². The molecule has 1 heterocycles. The zero-order valence-corrected chi connectivity index (χ0v) is 14.2. The molecule has 0 spiro atoms. The Morgan fingerprint density at radius 2 is 2.00 bits per heavy atom. The molecule has 1 aromatic carbocycles. The van der Waals surface area contributed by atoms with Gasteiger partial charge in [0.25, 0.3) is 0 Å². The maximum absolute atomic E-state index is 6.22. The van der Waals surface area contributed by atoms with Crippen LogP contribution in [0.15, 0.2) is 18.2 Å². The van der Waals surface area contributed by atoms with Crippen molar-refractivity contribution in [2.24, 2.45) is 5.73 Å². The third kappa shape index (κ3) is 4.06. The maximum atomic E-state index is 6.22. The molecule has 0 aromatic heterocycles. The lowest BCUT2D eigenvalue weighted by molar-refractivity contribution is 0.641. The highest BCUT2D eigenvalue weighted by atomic mass is 35.5. The average molecular weight is 313 g/mol. The van der Waals surface area contributed by atoms with E-state index in [1.54, 1.807) is 0 Å². The Kier molecular flexibility index (Phi) is 5.65. The largest absolute Gasteiger partial charge is 0.369 e. The molecular formula is C16H25ClN2S. The predicted octanol–water partition coefficient (Wildman–Crippen LogP) is 3.95. The SMILES string of the molecule is CCC(N)Cc1ccc(Cl)cc1N1CC(C)SC(C)C1. The van der Waals surface area contributed by atoms with Crippen LogP contribution in [0.5, 0.6) is 0 Å². The molecule has 0 bridgehead atoms. The second-order valence-electron chi connectivity index (χ2n) is 5.81. The van der Waals surface area contributed by atoms with Gasteiger partial charge in [-0.1, -0.05) is 38.4 Å². The van der Waals surface area contributed by atoms with Crippen molar-refractivity contribution in [2.75, 3.05) is 18.0 Å². The van der Waals surface area contributed by atoms with E-state index >= 15 is 0 Å². The molecule has 1 saturated heterocycles. The summed E-state index contributed by atoms with van der Waals surface area (Å²) in [5.41, 5.74) is 8.75. The minimum atomic E-state index is 0.226. The van der Waals surface area contributed by atoms with Gasteiger partial charge in [-0.3, -0.25) is 0 Å². The van der Waals surface area contributed by atoms with Gasteiger partial charge in [-0.15, -0.1) is 0 Å². The number of benzene rings is 1. The summed E-state index contributed by atoms with van der Waals surface area (Å²) in [5.74, 6) is 0. The van der Waals surface area contributed by atoms with Crippen LogP contribution in [0.1, 0.15) is 32.8 Å². The van der Waals surface area contributed by atoms with E-state index in [4.69, 9.17) is 17.3 Å². The van der Waals surface area contributed by atoms with Gasteiger partial charge in [0.1, 0.15) is 0 Å². The molecule has 4 heteroatoms. The number of anilines is 1. The van der Waals surface area contributed by atoms with E-state index in [9.17, 15) is 0 Å². The summed E-state index contributed by atoms with van der Waals surface area (Å²) in [6.07, 6.45) is 1.93. The molecule has 0 aliphatic carbocycles. The first-order valence-electron chi connectivity index (χ1n) is 7.44. The topological polar surface area (TPSA) is 29.3 Å². The molecule has 3 unspecified atom stereocenters. The zero-order chi connectivity index (χ0) is 14.7. The number of thioether (sulfide) groups is 1. The summed E-state index contributed by atoms with van der Waals surface area (Å²) in [7, 11) is 0. The lowest BCUT2D eigenvalue weighted by Crippen LogP contribution is -2.41. The fourth-order valence-electron chi connectivity index (χ4n) is 2.81. The molecule has 112 valence electrons. The Morgan fingerprint density at radius 3 is 2.60 bits per heavy atom. The number of nitrogens with two attached hydrogens (primary N) is 1. The fourth-order valence-corrected chi connectivity index (χ4v) is 4.30. The van der Waals surface area contributed by atoms with Crippen molar-refractivity contribution in [3.8, 4) is 0 Å². The normalized spacial score (nSPS) is 24.8. The number of hydrogen-bond donors (Lipinski definition) is 1. The van der Waals surface area contributed by atoms with Gasteiger partial charge < -0.3 is 10.6 Å². The van der Waals surface area contributed by atoms with Gasteiger partial charge in [0, 0.05) is 40.3 Å². The van der Waals surface area contributed by atoms with Gasteiger partial charge in [-0.2, -0.15) is 11.8 Å². The Morgan fingerprint density at radius 1 is 1.35 bits per heavy atom. The summed E-state index contributed by atoms with van der Waals surface area (Å²) in [4.78, 5) is 2.48. The molecule has 1 aliphatic heterocycles. The van der Waals surface area contributed by atoms with Gasteiger partial charge >= 0.3 is 0 Å². The second kappa shape index (κ2) is 7.06. The van der Waals surface area contributed by atoms with Crippen LogP contribution < -0.4 is 10.6 Å². The maximum Gasteiger partial charge on any atom is 0.0426 e. The standard InChI is InChI=1S/C16H25ClN2S/c1-4-15(18)7-13-5-6-14(17)8-16(13)19-9-11(2)20-12(3)10-19/h5-6,8,11-12,15H,4,7,9-10,18H2,1-3H3. The van der Waals surface area contributed by atoms with Crippen LogP contribution in [0.3, 0.4) is 0 Å². The molecule has 2 nitrogen and oxygen atoms in total. The lowest BCUT2D eigenvalue weighted by atomic mass is 10.0. The van der Waals surface area contributed by atoms with Crippen molar-refractivity contribution >= 4 is 29.1 Å². The van der Waals surface area contributed by atoms with Gasteiger partial charge in [-0.05, 0) is 30.5 Å². The van der Waals surface area contributed by atoms with Crippen molar-refractivity contribution < 1.29 is 0 Å². The van der Waals surface area contributed by atoms with Crippen molar-refractivity contribution in [1.29, 1.82) is 0 Å². The Labute approximate surface area is 132 Å². The van der Waals surface area contributed by atoms with Crippen LogP contribution in [0.2, 0.25) is 5.02 Å². The van der Waals surface area contributed by atoms with E-state index in [2.05, 4.69) is 49.6 Å². The van der Waals surface area contributed by atoms with Gasteiger partial charge in [0.05, 0.1) is 0 Å². The highest BCUT2D eigenvalue weighted by Crippen LogP contribution is 2.32. The molecule has 1 fully saturated rings. The van der Waals surface area contributed by atoms with Crippen LogP contribution >= 0.6 is 23.4 Å². The van der Waals surface area contributed by atoms with Crippen molar-refractivity contribution in [1.82, 2.24) is 0 Å². The third-order valence-electron chi connectivity index (χ3n) is 3.81. The molecule has 3 atom stereocenters. The number of rotatable bonds is 4. The number of halogens is 1. The van der Waals surface area contributed by atoms with E-state index in [0.29, 0.717) is 10.5 Å². The number of hydrogen-bond acceptors (Lipinski definition) is 3. The average Bonchev–Trinajstić information content (AvgIpc) is 2.39. The number of nitrogens with zero attached hydrogens (tertiary/aromatic N) is 1. The minimum absolute atomic E-state index is 0.226. The first-order chi connectivity index (χ1) is 9.49. The van der Waals surface area contributed by atoms with E-state index in [0.717, 1.165) is 31.0 Å². The monoisotopic (exact) mass is 312 g/mol. The van der Waals surface area contributed by atoms with Crippen LogP contribution in [0.4, 0.5) is 5.69 Å². The second-order valence-corrected chi connectivity index (χ2v) is 8.13. The lowest BCUT2D eigenvalue weighted by Gasteiger charge is -2.37. The first-order valence-corrected chi connectivity index (χ1v) is 8.76. The van der Waals surface area contributed by atoms with E-state index < -0.39 is 0 Å². The van der Waals surface area contributed by atoms with Crippen molar-refractivity contribution in [3.05, 3.63) is 28.8 Å². The van der Waals surface area contributed by atoms with E-state index in [-0.39, 0.29) is 6.04 Å². The summed E-state index contributed by atoms with van der Waals surface area (Å²) in [6, 6.07) is 6.46. The highest BCUT2D eigenvalue weighted by Gasteiger charge is 2.24. The Hall–Kier alpha value is -0.380. The van der Waals surface area contributed by atoms with Crippen molar-refractivity contribution in [3.63, 3.8) is 0 Å². The Balaban J connectivity index is 2.26. The smallest absolute Gasteiger partial charge is 0.0426 e. The van der Waals surface area contributed by atoms with Crippen LogP contribution in [-0.2, 0) is 6.42 Å². The predicted molar refractivity (Wildman–Crippen MR) is 92.2 cm³/mol. The zero-order valence-electron chi connectivity index (χ0n) is 12.6. The summed E-state index contributed by atoms with van der Waals surface area (Å²) < 4.78 is 0. The summed E-state index contributed by atoms with van der Waals surface area (Å²) in [5, 5.41) is 2.13. The van der Waals surface area contributed by atoms with Crippen LogP contribution in [0, 0.1) is 0 Å². The molecule has 0 saturated carbocycles. The Bertz CT molecular complexity index is 442. The van der Waals surface area contributed by atoms with Gasteiger partial charge in [0.2, 0.25) is 0 Å². The van der Waals surface area contributed by atoms with Crippen LogP contribution in [0.25, 0.3) is 0 Å². The molecule has 0 radical (unpaired) electrons. The molecule has 20 heavy (non-hydrogen) atoms. The first kappa shape index (κ1) is 16.0. The minimum Gasteiger partial charge on any atom is -0.369 e. The van der Waals surface area contributed by atoms with E-state index in [1.807, 2.05) is 6.07 Å². The molecule has 2 rings (SSSR count). The quantitative estimate of drug-likeness (QED) is 0.912. The molecule has 1 aliphatic rings. The highest BCUT2D eigenvalue weighted by molar-refractivity contribution is 8.00. The molecular weight excluding hydrogens is 288 g/mol. The molecule has 1 aromatic rings.